The summed E-state index contributed by atoms with van der Waals surface area (Å²) in [7, 11) is 1.99. The molecule has 0 radical (unpaired) electrons. The van der Waals surface area contributed by atoms with Gasteiger partial charge in [0.05, 0.1) is 0 Å². The van der Waals surface area contributed by atoms with Gasteiger partial charge in [0.25, 0.3) is 0 Å². The molecule has 1 aliphatic carbocycles. The highest BCUT2D eigenvalue weighted by molar-refractivity contribution is 5.30. The minimum Gasteiger partial charge on any atom is -0.319 e. The second-order valence-corrected chi connectivity index (χ2v) is 3.70. The summed E-state index contributed by atoms with van der Waals surface area (Å²) in [6, 6.07) is 2.18. The van der Waals surface area contributed by atoms with Gasteiger partial charge >= 0.3 is 0 Å². The summed E-state index contributed by atoms with van der Waals surface area (Å²) < 4.78 is 0. The average molecular weight is 176 g/mol. The van der Waals surface area contributed by atoms with Gasteiger partial charge in [0.15, 0.2) is 0 Å². The zero-order chi connectivity index (χ0) is 9.10. The van der Waals surface area contributed by atoms with Crippen LogP contribution in [0.1, 0.15) is 29.9 Å². The second-order valence-electron chi connectivity index (χ2n) is 3.70. The summed E-state index contributed by atoms with van der Waals surface area (Å²) >= 11 is 0. The van der Waals surface area contributed by atoms with Gasteiger partial charge in [-0.05, 0) is 56.0 Å². The van der Waals surface area contributed by atoms with Crippen LogP contribution in [0.2, 0.25) is 0 Å². The molecule has 2 heteroatoms. The molecule has 1 fully saturated rings. The van der Waals surface area contributed by atoms with E-state index in [1.54, 1.807) is 0 Å². The molecule has 0 atom stereocenters. The lowest BCUT2D eigenvalue weighted by atomic mass is 10.0. The van der Waals surface area contributed by atoms with Crippen LogP contribution in [0.25, 0.3) is 0 Å². The van der Waals surface area contributed by atoms with Gasteiger partial charge in [-0.25, -0.2) is 0 Å². The fourth-order valence-corrected chi connectivity index (χ4v) is 1.70. The molecule has 0 unspecified atom stereocenters. The Balaban J connectivity index is 2.12. The van der Waals surface area contributed by atoms with Gasteiger partial charge in [0.1, 0.15) is 0 Å². The average Bonchev–Trinajstić information content (AvgIpc) is 2.98. The van der Waals surface area contributed by atoms with E-state index in [1.807, 2.05) is 19.4 Å². The molecule has 0 aliphatic heterocycles. The second kappa shape index (κ2) is 3.88. The molecule has 0 amide bonds. The zero-order valence-corrected chi connectivity index (χ0v) is 8.09. The first-order chi connectivity index (χ1) is 6.42. The molecule has 0 aromatic carbocycles. The molecule has 1 heterocycles. The maximum Gasteiger partial charge on any atom is 0.0303 e. The molecule has 1 saturated carbocycles. The van der Waals surface area contributed by atoms with E-state index >= 15 is 0 Å². The number of rotatable bonds is 4. The summed E-state index contributed by atoms with van der Waals surface area (Å²) in [5.74, 6) is 0.842. The zero-order valence-electron chi connectivity index (χ0n) is 8.09. The standard InChI is InChI=1S/C11H16N2/c1-12-6-4-10-8-13-7-5-11(10)9-2-3-9/h5,7-9,12H,2-4,6H2,1H3. The summed E-state index contributed by atoms with van der Waals surface area (Å²) in [5, 5.41) is 3.17. The monoisotopic (exact) mass is 176 g/mol. The van der Waals surface area contributed by atoms with E-state index in [9.17, 15) is 0 Å². The van der Waals surface area contributed by atoms with E-state index in [-0.39, 0.29) is 0 Å². The Kier molecular flexibility index (Phi) is 2.60. The SMILES string of the molecule is CNCCc1cnccc1C1CC1. The molecule has 0 saturated heterocycles. The Morgan fingerprint density at radius 2 is 2.38 bits per heavy atom. The van der Waals surface area contributed by atoms with E-state index in [0.717, 1.165) is 18.9 Å². The molecular formula is C11H16N2. The molecule has 1 aliphatic rings. The van der Waals surface area contributed by atoms with Crippen molar-refractivity contribution in [1.29, 1.82) is 0 Å². The van der Waals surface area contributed by atoms with Crippen LogP contribution >= 0.6 is 0 Å². The Bertz CT molecular complexity index is 279. The molecule has 1 N–H and O–H groups in total. The predicted molar refractivity (Wildman–Crippen MR) is 53.8 cm³/mol. The molecule has 2 rings (SSSR count). The molecule has 70 valence electrons. The molecule has 0 spiro atoms. The highest BCUT2D eigenvalue weighted by Gasteiger charge is 2.25. The van der Waals surface area contributed by atoms with Gasteiger partial charge in [0, 0.05) is 12.4 Å². The highest BCUT2D eigenvalue weighted by Crippen LogP contribution is 2.41. The van der Waals surface area contributed by atoms with E-state index in [0.29, 0.717) is 0 Å². The number of nitrogens with zero attached hydrogens (tertiary/aromatic N) is 1. The molecule has 2 nitrogen and oxygen atoms in total. The first-order valence-electron chi connectivity index (χ1n) is 4.99. The Labute approximate surface area is 79.4 Å². The van der Waals surface area contributed by atoms with E-state index < -0.39 is 0 Å². The fourth-order valence-electron chi connectivity index (χ4n) is 1.70. The highest BCUT2D eigenvalue weighted by atomic mass is 14.8. The van der Waals surface area contributed by atoms with Crippen LogP contribution in [0.3, 0.4) is 0 Å². The van der Waals surface area contributed by atoms with Gasteiger partial charge < -0.3 is 5.32 Å². The van der Waals surface area contributed by atoms with Crippen molar-refractivity contribution in [2.24, 2.45) is 0 Å². The smallest absolute Gasteiger partial charge is 0.0303 e. The maximum atomic E-state index is 4.18. The minimum absolute atomic E-state index is 0.842. The summed E-state index contributed by atoms with van der Waals surface area (Å²) in [6.07, 6.45) is 7.78. The van der Waals surface area contributed by atoms with E-state index in [1.165, 1.54) is 24.0 Å². The molecule has 13 heavy (non-hydrogen) atoms. The predicted octanol–water partition coefficient (Wildman–Crippen LogP) is 1.72. The Hall–Kier alpha value is -0.890. The largest absolute Gasteiger partial charge is 0.319 e. The number of likely N-dealkylation sites (N-methyl/N-ethyl adjacent to an activating group) is 1. The summed E-state index contributed by atoms with van der Waals surface area (Å²) in [5.41, 5.74) is 2.96. The van der Waals surface area contributed by atoms with Gasteiger partial charge in [-0.2, -0.15) is 0 Å². The van der Waals surface area contributed by atoms with E-state index in [2.05, 4.69) is 16.4 Å². The lowest BCUT2D eigenvalue weighted by molar-refractivity contribution is 0.781. The van der Waals surface area contributed by atoms with Crippen molar-refractivity contribution in [1.82, 2.24) is 10.3 Å². The van der Waals surface area contributed by atoms with E-state index in [4.69, 9.17) is 0 Å². The van der Waals surface area contributed by atoms with Crippen molar-refractivity contribution in [2.75, 3.05) is 13.6 Å². The van der Waals surface area contributed by atoms with Crippen molar-refractivity contribution >= 4 is 0 Å². The van der Waals surface area contributed by atoms with Crippen LogP contribution in [0, 0.1) is 0 Å². The number of hydrogen-bond donors (Lipinski definition) is 1. The number of aromatic nitrogens is 1. The van der Waals surface area contributed by atoms with Gasteiger partial charge in [-0.1, -0.05) is 0 Å². The summed E-state index contributed by atoms with van der Waals surface area (Å²) in [4.78, 5) is 4.18. The van der Waals surface area contributed by atoms with Crippen LogP contribution in [-0.2, 0) is 6.42 Å². The summed E-state index contributed by atoms with van der Waals surface area (Å²) in [6.45, 7) is 1.05. The Morgan fingerprint density at radius 3 is 3.08 bits per heavy atom. The van der Waals surface area contributed by atoms with Crippen molar-refractivity contribution in [3.8, 4) is 0 Å². The Morgan fingerprint density at radius 1 is 1.54 bits per heavy atom. The van der Waals surface area contributed by atoms with Crippen molar-refractivity contribution in [3.63, 3.8) is 0 Å². The van der Waals surface area contributed by atoms with Crippen molar-refractivity contribution < 1.29 is 0 Å². The minimum atomic E-state index is 0.842. The number of pyridine rings is 1. The topological polar surface area (TPSA) is 24.9 Å². The molecule has 1 aromatic rings. The lowest BCUT2D eigenvalue weighted by Crippen LogP contribution is -2.11. The third kappa shape index (κ3) is 2.07. The van der Waals surface area contributed by atoms with Crippen LogP contribution in [0.4, 0.5) is 0 Å². The normalized spacial score (nSPS) is 16.1. The number of hydrogen-bond acceptors (Lipinski definition) is 2. The van der Waals surface area contributed by atoms with Crippen LogP contribution < -0.4 is 5.32 Å². The van der Waals surface area contributed by atoms with Crippen LogP contribution in [-0.4, -0.2) is 18.6 Å². The third-order valence-electron chi connectivity index (χ3n) is 2.60. The number of nitrogens with one attached hydrogen (secondary N) is 1. The molecule has 1 aromatic heterocycles. The van der Waals surface area contributed by atoms with Crippen LogP contribution in [0.5, 0.6) is 0 Å². The first kappa shape index (κ1) is 8.70. The maximum absolute atomic E-state index is 4.18. The van der Waals surface area contributed by atoms with Gasteiger partial charge in [-0.3, -0.25) is 4.98 Å². The molecule has 0 bridgehead atoms. The third-order valence-corrected chi connectivity index (χ3v) is 2.60. The van der Waals surface area contributed by atoms with Crippen molar-refractivity contribution in [3.05, 3.63) is 29.6 Å². The van der Waals surface area contributed by atoms with Crippen LogP contribution in [0.15, 0.2) is 18.5 Å². The van der Waals surface area contributed by atoms with Gasteiger partial charge in [0.2, 0.25) is 0 Å². The van der Waals surface area contributed by atoms with Crippen molar-refractivity contribution in [2.45, 2.75) is 25.2 Å². The quantitative estimate of drug-likeness (QED) is 0.755. The first-order valence-corrected chi connectivity index (χ1v) is 4.99. The lowest BCUT2D eigenvalue weighted by Gasteiger charge is -2.06. The fraction of sp³-hybridized carbons (Fsp3) is 0.545. The molecular weight excluding hydrogens is 160 g/mol. The van der Waals surface area contributed by atoms with Gasteiger partial charge in [-0.15, -0.1) is 0 Å².